The lowest BCUT2D eigenvalue weighted by atomic mass is 9.74. The summed E-state index contributed by atoms with van der Waals surface area (Å²) in [7, 11) is 0. The first-order valence-corrected chi connectivity index (χ1v) is 4.94. The molecule has 0 saturated carbocycles. The summed E-state index contributed by atoms with van der Waals surface area (Å²) in [5.41, 5.74) is 2.08. The van der Waals surface area contributed by atoms with Crippen molar-refractivity contribution in [3.63, 3.8) is 0 Å². The molecule has 1 aliphatic rings. The van der Waals surface area contributed by atoms with Crippen LogP contribution < -0.4 is 0 Å². The fraction of sp³-hybridized carbons (Fsp3) is 0.583. The molecule has 0 aromatic rings. The first-order chi connectivity index (χ1) is 6.07. The summed E-state index contributed by atoms with van der Waals surface area (Å²) in [6.07, 6.45) is 3.97. The minimum Gasteiger partial charge on any atom is -0.294 e. The molecule has 0 heterocycles. The number of hydrogen-bond donors (Lipinski definition) is 0. The van der Waals surface area contributed by atoms with E-state index in [4.69, 9.17) is 0 Å². The van der Waals surface area contributed by atoms with E-state index in [1.165, 1.54) is 0 Å². The Bertz CT molecular complexity index is 260. The Balaban J connectivity index is 2.91. The Kier molecular flexibility index (Phi) is 3.07. The third kappa shape index (κ3) is 1.90. The van der Waals surface area contributed by atoms with Crippen LogP contribution in [0.1, 0.15) is 33.6 Å². The second-order valence-corrected chi connectivity index (χ2v) is 3.95. The van der Waals surface area contributed by atoms with Gasteiger partial charge in [-0.2, -0.15) is 0 Å². The van der Waals surface area contributed by atoms with E-state index in [-0.39, 0.29) is 5.92 Å². The lowest BCUT2D eigenvalue weighted by Gasteiger charge is -2.28. The van der Waals surface area contributed by atoms with Gasteiger partial charge in [0.15, 0.2) is 5.78 Å². The van der Waals surface area contributed by atoms with Gasteiger partial charge in [0.1, 0.15) is 0 Å². The molecule has 2 atom stereocenters. The molecular weight excluding hydrogens is 160 g/mol. The molecule has 0 aliphatic heterocycles. The molecule has 0 N–H and O–H groups in total. The summed E-state index contributed by atoms with van der Waals surface area (Å²) in [6.45, 7) is 9.97. The normalized spacial score (nSPS) is 28.5. The average molecular weight is 178 g/mol. The Morgan fingerprint density at radius 1 is 1.69 bits per heavy atom. The van der Waals surface area contributed by atoms with Gasteiger partial charge in [0.2, 0.25) is 0 Å². The molecule has 0 saturated heterocycles. The van der Waals surface area contributed by atoms with Crippen molar-refractivity contribution in [3.05, 3.63) is 23.8 Å². The predicted octanol–water partition coefficient (Wildman–Crippen LogP) is 3.12. The van der Waals surface area contributed by atoms with Gasteiger partial charge < -0.3 is 0 Å². The van der Waals surface area contributed by atoms with Crippen molar-refractivity contribution < 1.29 is 4.79 Å². The Hall–Kier alpha value is -0.850. The van der Waals surface area contributed by atoms with Crippen LogP contribution >= 0.6 is 0 Å². The van der Waals surface area contributed by atoms with Crippen LogP contribution in [-0.2, 0) is 4.79 Å². The molecular formula is C12H18O. The monoisotopic (exact) mass is 178 g/mol. The zero-order chi connectivity index (χ0) is 10.0. The van der Waals surface area contributed by atoms with Gasteiger partial charge >= 0.3 is 0 Å². The highest BCUT2D eigenvalue weighted by atomic mass is 16.1. The SMILES string of the molecule is C=C(C)C1CC=C(C)C(=O)C1CC. The molecule has 0 bridgehead atoms. The molecule has 0 aromatic heterocycles. The van der Waals surface area contributed by atoms with Crippen LogP contribution in [0.15, 0.2) is 23.8 Å². The number of rotatable bonds is 2. The van der Waals surface area contributed by atoms with Crippen LogP contribution in [0.2, 0.25) is 0 Å². The third-order valence-electron chi connectivity index (χ3n) is 2.96. The van der Waals surface area contributed by atoms with Crippen LogP contribution in [0.25, 0.3) is 0 Å². The molecule has 1 aliphatic carbocycles. The van der Waals surface area contributed by atoms with Gasteiger partial charge in [0.05, 0.1) is 0 Å². The highest BCUT2D eigenvalue weighted by Gasteiger charge is 2.30. The molecule has 0 aromatic carbocycles. The largest absolute Gasteiger partial charge is 0.294 e. The summed E-state index contributed by atoms with van der Waals surface area (Å²) in [6, 6.07) is 0. The van der Waals surface area contributed by atoms with E-state index >= 15 is 0 Å². The molecule has 13 heavy (non-hydrogen) atoms. The van der Waals surface area contributed by atoms with Crippen molar-refractivity contribution in [3.8, 4) is 0 Å². The Morgan fingerprint density at radius 3 is 2.77 bits per heavy atom. The second-order valence-electron chi connectivity index (χ2n) is 3.95. The fourth-order valence-electron chi connectivity index (χ4n) is 2.06. The summed E-state index contributed by atoms with van der Waals surface area (Å²) < 4.78 is 0. The van der Waals surface area contributed by atoms with Crippen molar-refractivity contribution in [2.24, 2.45) is 11.8 Å². The van der Waals surface area contributed by atoms with Crippen molar-refractivity contribution in [2.45, 2.75) is 33.6 Å². The number of carbonyl (C=O) groups is 1. The van der Waals surface area contributed by atoms with Crippen LogP contribution in [0.4, 0.5) is 0 Å². The standard InChI is InChI=1S/C12H18O/c1-5-10-11(8(2)3)7-6-9(4)12(10)13/h6,10-11H,2,5,7H2,1,3-4H3. The van der Waals surface area contributed by atoms with Gasteiger partial charge in [-0.15, -0.1) is 0 Å². The van der Waals surface area contributed by atoms with E-state index in [1.807, 2.05) is 19.9 Å². The molecule has 0 radical (unpaired) electrons. The van der Waals surface area contributed by atoms with E-state index < -0.39 is 0 Å². The number of ketones is 1. The van der Waals surface area contributed by atoms with Crippen molar-refractivity contribution >= 4 is 5.78 Å². The van der Waals surface area contributed by atoms with Crippen molar-refractivity contribution in [2.75, 3.05) is 0 Å². The summed E-state index contributed by atoms with van der Waals surface area (Å²) in [4.78, 5) is 11.8. The van der Waals surface area contributed by atoms with Gasteiger partial charge in [0, 0.05) is 5.92 Å². The predicted molar refractivity (Wildman–Crippen MR) is 55.5 cm³/mol. The van der Waals surface area contributed by atoms with Crippen molar-refractivity contribution in [1.29, 1.82) is 0 Å². The zero-order valence-electron chi connectivity index (χ0n) is 8.76. The van der Waals surface area contributed by atoms with Crippen molar-refractivity contribution in [1.82, 2.24) is 0 Å². The van der Waals surface area contributed by atoms with E-state index in [1.54, 1.807) is 0 Å². The molecule has 72 valence electrons. The van der Waals surface area contributed by atoms with Crippen LogP contribution in [0, 0.1) is 11.8 Å². The lowest BCUT2D eigenvalue weighted by molar-refractivity contribution is -0.121. The third-order valence-corrected chi connectivity index (χ3v) is 2.96. The molecule has 0 spiro atoms. The number of hydrogen-bond acceptors (Lipinski definition) is 1. The van der Waals surface area contributed by atoms with Gasteiger partial charge in [-0.25, -0.2) is 0 Å². The smallest absolute Gasteiger partial charge is 0.161 e. The number of carbonyl (C=O) groups excluding carboxylic acids is 1. The highest BCUT2D eigenvalue weighted by Crippen LogP contribution is 2.33. The summed E-state index contributed by atoms with van der Waals surface area (Å²) >= 11 is 0. The Morgan fingerprint density at radius 2 is 2.31 bits per heavy atom. The molecule has 0 fully saturated rings. The fourth-order valence-corrected chi connectivity index (χ4v) is 2.06. The highest BCUT2D eigenvalue weighted by molar-refractivity contribution is 5.97. The van der Waals surface area contributed by atoms with Gasteiger partial charge in [-0.1, -0.05) is 25.2 Å². The van der Waals surface area contributed by atoms with Gasteiger partial charge in [0.25, 0.3) is 0 Å². The summed E-state index contributed by atoms with van der Waals surface area (Å²) in [5.74, 6) is 0.880. The number of allylic oxidation sites excluding steroid dienone is 3. The first-order valence-electron chi connectivity index (χ1n) is 4.94. The molecule has 0 amide bonds. The van der Waals surface area contributed by atoms with Crippen LogP contribution in [-0.4, -0.2) is 5.78 Å². The second kappa shape index (κ2) is 3.91. The maximum absolute atomic E-state index is 11.8. The van der Waals surface area contributed by atoms with E-state index in [0.29, 0.717) is 11.7 Å². The number of Topliss-reactive ketones (excluding diaryl/α,β-unsaturated/α-hetero) is 1. The minimum atomic E-state index is 0.183. The van der Waals surface area contributed by atoms with E-state index in [2.05, 4.69) is 13.5 Å². The Labute approximate surface area is 80.5 Å². The molecule has 2 unspecified atom stereocenters. The quantitative estimate of drug-likeness (QED) is 0.594. The van der Waals surface area contributed by atoms with Gasteiger partial charge in [-0.05, 0) is 38.2 Å². The van der Waals surface area contributed by atoms with E-state index in [0.717, 1.165) is 24.0 Å². The van der Waals surface area contributed by atoms with Crippen LogP contribution in [0.3, 0.4) is 0 Å². The minimum absolute atomic E-state index is 0.183. The molecule has 1 rings (SSSR count). The molecule has 1 nitrogen and oxygen atoms in total. The maximum atomic E-state index is 11.8. The first kappa shape index (κ1) is 10.2. The molecule has 1 heteroatoms. The maximum Gasteiger partial charge on any atom is 0.161 e. The zero-order valence-corrected chi connectivity index (χ0v) is 8.76. The average Bonchev–Trinajstić information content (AvgIpc) is 2.09. The van der Waals surface area contributed by atoms with E-state index in [9.17, 15) is 4.79 Å². The van der Waals surface area contributed by atoms with Gasteiger partial charge in [-0.3, -0.25) is 4.79 Å². The lowest BCUT2D eigenvalue weighted by Crippen LogP contribution is -2.28. The summed E-state index contributed by atoms with van der Waals surface area (Å²) in [5, 5.41) is 0. The van der Waals surface area contributed by atoms with Crippen LogP contribution in [0.5, 0.6) is 0 Å². The topological polar surface area (TPSA) is 17.1 Å².